The van der Waals surface area contributed by atoms with Crippen molar-refractivity contribution >= 4 is 29.3 Å². The molecule has 5 nitrogen and oxygen atoms in total. The summed E-state index contributed by atoms with van der Waals surface area (Å²) in [5.74, 6) is 1.02. The fraction of sp³-hybridized carbons (Fsp3) is 0.562. The van der Waals surface area contributed by atoms with Gasteiger partial charge in [-0.05, 0) is 42.5 Å². The van der Waals surface area contributed by atoms with Crippen molar-refractivity contribution in [2.75, 3.05) is 25.7 Å². The second-order valence-corrected chi connectivity index (χ2v) is 6.40. The number of methoxy groups -OCH3 is 1. The SMILES string of the molecule is CCCOc1c(Cl)cc(CNC(CCSC)C(=O)O)cc1OC. The van der Waals surface area contributed by atoms with Gasteiger partial charge < -0.3 is 19.9 Å². The smallest absolute Gasteiger partial charge is 0.320 e. The molecule has 0 aromatic heterocycles. The van der Waals surface area contributed by atoms with Gasteiger partial charge in [-0.25, -0.2) is 0 Å². The van der Waals surface area contributed by atoms with Crippen LogP contribution in [0.3, 0.4) is 0 Å². The monoisotopic (exact) mass is 361 g/mol. The van der Waals surface area contributed by atoms with Crippen molar-refractivity contribution in [2.24, 2.45) is 0 Å². The largest absolute Gasteiger partial charge is 0.493 e. The molecule has 7 heteroatoms. The van der Waals surface area contributed by atoms with Crippen molar-refractivity contribution in [3.8, 4) is 11.5 Å². The van der Waals surface area contributed by atoms with Crippen LogP contribution in [0.5, 0.6) is 11.5 Å². The maximum absolute atomic E-state index is 11.2. The van der Waals surface area contributed by atoms with Gasteiger partial charge in [-0.3, -0.25) is 4.79 Å². The van der Waals surface area contributed by atoms with Crippen LogP contribution in [0.4, 0.5) is 0 Å². The van der Waals surface area contributed by atoms with Crippen LogP contribution >= 0.6 is 23.4 Å². The molecule has 0 aliphatic carbocycles. The minimum atomic E-state index is -0.847. The summed E-state index contributed by atoms with van der Waals surface area (Å²) in [6.45, 7) is 2.97. The van der Waals surface area contributed by atoms with Crippen LogP contribution in [0.2, 0.25) is 5.02 Å². The Bertz CT molecular complexity index is 513. The zero-order chi connectivity index (χ0) is 17.2. The molecular formula is C16H24ClNO4S. The van der Waals surface area contributed by atoms with Crippen molar-refractivity contribution in [2.45, 2.75) is 32.4 Å². The van der Waals surface area contributed by atoms with Gasteiger partial charge in [0.25, 0.3) is 0 Å². The van der Waals surface area contributed by atoms with Gasteiger partial charge in [0, 0.05) is 6.54 Å². The lowest BCUT2D eigenvalue weighted by atomic mass is 10.1. The van der Waals surface area contributed by atoms with E-state index in [1.807, 2.05) is 19.2 Å². The molecule has 2 N–H and O–H groups in total. The molecule has 1 unspecified atom stereocenters. The summed E-state index contributed by atoms with van der Waals surface area (Å²) in [7, 11) is 1.56. The van der Waals surface area contributed by atoms with E-state index in [1.54, 1.807) is 24.9 Å². The van der Waals surface area contributed by atoms with Gasteiger partial charge in [-0.1, -0.05) is 18.5 Å². The van der Waals surface area contributed by atoms with E-state index in [0.717, 1.165) is 17.7 Å². The molecule has 0 aliphatic rings. The van der Waals surface area contributed by atoms with Crippen LogP contribution in [-0.2, 0) is 11.3 Å². The van der Waals surface area contributed by atoms with Gasteiger partial charge in [0.15, 0.2) is 11.5 Å². The maximum atomic E-state index is 11.2. The van der Waals surface area contributed by atoms with E-state index in [4.69, 9.17) is 21.1 Å². The Morgan fingerprint density at radius 3 is 2.78 bits per heavy atom. The van der Waals surface area contributed by atoms with E-state index < -0.39 is 12.0 Å². The van der Waals surface area contributed by atoms with Gasteiger partial charge in [-0.15, -0.1) is 0 Å². The normalized spacial score (nSPS) is 12.0. The number of aliphatic carboxylic acids is 1. The number of benzene rings is 1. The Morgan fingerprint density at radius 1 is 1.48 bits per heavy atom. The number of carboxylic acids is 1. The molecule has 1 aromatic rings. The summed E-state index contributed by atoms with van der Waals surface area (Å²) in [5, 5.41) is 12.7. The summed E-state index contributed by atoms with van der Waals surface area (Å²) in [5.41, 5.74) is 0.853. The van der Waals surface area contributed by atoms with E-state index in [0.29, 0.717) is 36.1 Å². The first-order valence-corrected chi connectivity index (χ1v) is 9.25. The molecule has 0 radical (unpaired) electrons. The lowest BCUT2D eigenvalue weighted by molar-refractivity contribution is -0.139. The number of hydrogen-bond acceptors (Lipinski definition) is 5. The summed E-state index contributed by atoms with van der Waals surface area (Å²) >= 11 is 7.88. The molecule has 1 atom stereocenters. The van der Waals surface area contributed by atoms with Gasteiger partial charge in [0.05, 0.1) is 18.7 Å². The molecule has 1 rings (SSSR count). The highest BCUT2D eigenvalue weighted by Gasteiger charge is 2.17. The van der Waals surface area contributed by atoms with E-state index in [9.17, 15) is 9.90 Å². The third-order valence-electron chi connectivity index (χ3n) is 3.20. The van der Waals surface area contributed by atoms with Crippen LogP contribution in [0.15, 0.2) is 12.1 Å². The third kappa shape index (κ3) is 6.49. The molecule has 0 heterocycles. The van der Waals surface area contributed by atoms with Crippen LogP contribution in [0, 0.1) is 0 Å². The van der Waals surface area contributed by atoms with Crippen molar-refractivity contribution in [1.82, 2.24) is 5.32 Å². The van der Waals surface area contributed by atoms with Gasteiger partial charge >= 0.3 is 5.97 Å². The molecule has 0 fully saturated rings. The topological polar surface area (TPSA) is 67.8 Å². The zero-order valence-corrected chi connectivity index (χ0v) is 15.3. The number of hydrogen-bond donors (Lipinski definition) is 2. The fourth-order valence-electron chi connectivity index (χ4n) is 2.01. The number of ether oxygens (including phenoxy) is 2. The van der Waals surface area contributed by atoms with Crippen molar-refractivity contribution in [1.29, 1.82) is 0 Å². The second kappa shape index (κ2) is 10.6. The second-order valence-electron chi connectivity index (χ2n) is 5.01. The molecular weight excluding hydrogens is 338 g/mol. The average molecular weight is 362 g/mol. The number of carboxylic acid groups (broad SMARTS) is 1. The molecule has 23 heavy (non-hydrogen) atoms. The van der Waals surface area contributed by atoms with Gasteiger partial charge in [0.2, 0.25) is 0 Å². The van der Waals surface area contributed by atoms with Crippen molar-refractivity contribution < 1.29 is 19.4 Å². The highest BCUT2D eigenvalue weighted by Crippen LogP contribution is 2.36. The van der Waals surface area contributed by atoms with Crippen LogP contribution in [0.1, 0.15) is 25.3 Å². The predicted molar refractivity (Wildman–Crippen MR) is 95.1 cm³/mol. The Kier molecular flexibility index (Phi) is 9.21. The summed E-state index contributed by atoms with van der Waals surface area (Å²) in [4.78, 5) is 11.2. The van der Waals surface area contributed by atoms with E-state index in [2.05, 4.69) is 5.32 Å². The fourth-order valence-corrected chi connectivity index (χ4v) is 2.77. The van der Waals surface area contributed by atoms with Crippen LogP contribution in [-0.4, -0.2) is 42.8 Å². The number of halogens is 1. The molecule has 0 bridgehead atoms. The molecule has 130 valence electrons. The summed E-state index contributed by atoms with van der Waals surface area (Å²) in [6, 6.07) is 3.01. The summed E-state index contributed by atoms with van der Waals surface area (Å²) in [6.07, 6.45) is 3.40. The number of rotatable bonds is 11. The minimum Gasteiger partial charge on any atom is -0.493 e. The number of nitrogens with one attached hydrogen (secondary N) is 1. The molecule has 0 spiro atoms. The quantitative estimate of drug-likeness (QED) is 0.629. The Labute approximate surface area is 146 Å². The van der Waals surface area contributed by atoms with Crippen molar-refractivity contribution in [3.63, 3.8) is 0 Å². The van der Waals surface area contributed by atoms with E-state index in [1.165, 1.54) is 0 Å². The number of carbonyl (C=O) groups is 1. The molecule has 0 saturated carbocycles. The Hall–Kier alpha value is -1.11. The Morgan fingerprint density at radius 2 is 2.22 bits per heavy atom. The first-order valence-electron chi connectivity index (χ1n) is 7.47. The zero-order valence-electron chi connectivity index (χ0n) is 13.7. The molecule has 1 aromatic carbocycles. The first kappa shape index (κ1) is 19.9. The highest BCUT2D eigenvalue weighted by molar-refractivity contribution is 7.98. The molecule has 0 amide bonds. The van der Waals surface area contributed by atoms with Crippen molar-refractivity contribution in [3.05, 3.63) is 22.7 Å². The minimum absolute atomic E-state index is 0.398. The van der Waals surface area contributed by atoms with Gasteiger partial charge in [0.1, 0.15) is 6.04 Å². The summed E-state index contributed by atoms with van der Waals surface area (Å²) < 4.78 is 10.9. The van der Waals surface area contributed by atoms with Crippen LogP contribution < -0.4 is 14.8 Å². The van der Waals surface area contributed by atoms with E-state index in [-0.39, 0.29) is 0 Å². The highest BCUT2D eigenvalue weighted by atomic mass is 35.5. The first-order chi connectivity index (χ1) is 11.0. The van der Waals surface area contributed by atoms with Crippen LogP contribution in [0.25, 0.3) is 0 Å². The standard InChI is InChI=1S/C16H24ClNO4S/c1-4-6-22-15-12(17)8-11(9-14(15)21-2)10-18-13(16(19)20)5-7-23-3/h8-9,13,18H,4-7,10H2,1-3H3,(H,19,20). The number of thioether (sulfide) groups is 1. The predicted octanol–water partition coefficient (Wildman–Crippen LogP) is 3.43. The van der Waals surface area contributed by atoms with Gasteiger partial charge in [-0.2, -0.15) is 11.8 Å². The maximum Gasteiger partial charge on any atom is 0.320 e. The molecule has 0 saturated heterocycles. The van der Waals surface area contributed by atoms with E-state index >= 15 is 0 Å². The molecule has 0 aliphatic heterocycles. The third-order valence-corrected chi connectivity index (χ3v) is 4.13. The lowest BCUT2D eigenvalue weighted by Gasteiger charge is -2.16. The lowest BCUT2D eigenvalue weighted by Crippen LogP contribution is -2.36. The Balaban J connectivity index is 2.80. The average Bonchev–Trinajstić information content (AvgIpc) is 2.53.